The average Bonchev–Trinajstić information content (AvgIpc) is 2.14. The highest BCUT2D eigenvalue weighted by Gasteiger charge is 2.26. The van der Waals surface area contributed by atoms with Crippen molar-refractivity contribution in [2.45, 2.75) is 52.5 Å². The maximum absolute atomic E-state index is 9.27. The first kappa shape index (κ1) is 16.8. The Kier molecular flexibility index (Phi) is 7.95. The van der Waals surface area contributed by atoms with Gasteiger partial charge in [-0.3, -0.25) is 0 Å². The smallest absolute Gasteiger partial charge is 0.426 e. The van der Waals surface area contributed by atoms with Crippen molar-refractivity contribution in [2.24, 2.45) is 17.6 Å². The monoisotopic (exact) mass is 260 g/mol. The summed E-state index contributed by atoms with van der Waals surface area (Å²) in [6.07, 6.45) is 1.44. The topological polar surface area (TPSA) is 78.5 Å². The molecule has 0 aliphatic heterocycles. The second-order valence-corrected chi connectivity index (χ2v) is 5.83. The van der Waals surface area contributed by atoms with Gasteiger partial charge in [0.15, 0.2) is 0 Å². The molecule has 0 saturated carbocycles. The Bertz CT molecular complexity index is 238. The van der Waals surface area contributed by atoms with E-state index in [-0.39, 0.29) is 6.04 Å². The fourth-order valence-corrected chi connectivity index (χ4v) is 1.92. The largest absolute Gasteiger partial charge is 0.475 e. The zero-order valence-electron chi connectivity index (χ0n) is 11.2. The van der Waals surface area contributed by atoms with E-state index >= 15 is 0 Å². The van der Waals surface area contributed by atoms with Crippen molar-refractivity contribution in [3.05, 3.63) is 0 Å². The van der Waals surface area contributed by atoms with Crippen LogP contribution in [0.2, 0.25) is 0 Å². The van der Waals surface area contributed by atoms with Gasteiger partial charge in [0.2, 0.25) is 0 Å². The first-order valence-electron chi connectivity index (χ1n) is 6.16. The zero-order valence-corrected chi connectivity index (χ0v) is 12.0. The van der Waals surface area contributed by atoms with E-state index in [0.717, 1.165) is 6.42 Å². The molecule has 0 spiro atoms. The summed E-state index contributed by atoms with van der Waals surface area (Å²) in [5.74, 6) is 0.381. The number of nitrogens with one attached hydrogen (secondary N) is 1. The molecular weight excluding hydrogens is 235 g/mol. The number of thiocarbonyl (C=S) groups is 1. The van der Waals surface area contributed by atoms with Crippen LogP contribution in [0.25, 0.3) is 0 Å². The Balaban J connectivity index is 4.29. The molecule has 0 heterocycles. The van der Waals surface area contributed by atoms with Crippen LogP contribution in [0, 0.1) is 11.8 Å². The summed E-state index contributed by atoms with van der Waals surface area (Å²) in [7, 11) is -1.42. The standard InChI is InChI=1S/C11H25BN2O2S/c1-7(2)5-9(13)11(17)14-10(12(15)16)6-8(3)4/h7-10,15-16H,5-6,13H2,1-4H3,(H,14,17)/t9-,10-/m0/s1. The first-order chi connectivity index (χ1) is 7.73. The Hall–Kier alpha value is -0.165. The van der Waals surface area contributed by atoms with Crippen molar-refractivity contribution in [3.63, 3.8) is 0 Å². The number of hydrogen-bond donors (Lipinski definition) is 4. The summed E-state index contributed by atoms with van der Waals surface area (Å²) >= 11 is 5.19. The lowest BCUT2D eigenvalue weighted by Gasteiger charge is -2.24. The highest BCUT2D eigenvalue weighted by molar-refractivity contribution is 7.80. The van der Waals surface area contributed by atoms with Crippen LogP contribution < -0.4 is 11.1 Å². The van der Waals surface area contributed by atoms with Gasteiger partial charge < -0.3 is 21.1 Å². The minimum Gasteiger partial charge on any atom is -0.426 e. The quantitative estimate of drug-likeness (QED) is 0.400. The molecule has 0 aromatic carbocycles. The predicted molar refractivity (Wildman–Crippen MR) is 76.6 cm³/mol. The van der Waals surface area contributed by atoms with Gasteiger partial charge in [0.05, 0.1) is 17.0 Å². The Morgan fingerprint density at radius 1 is 1.18 bits per heavy atom. The van der Waals surface area contributed by atoms with Crippen LogP contribution in [0.15, 0.2) is 0 Å². The van der Waals surface area contributed by atoms with Gasteiger partial charge in [-0.25, -0.2) is 0 Å². The average molecular weight is 260 g/mol. The van der Waals surface area contributed by atoms with Crippen molar-refractivity contribution in [2.75, 3.05) is 0 Å². The minimum atomic E-state index is -1.42. The second-order valence-electron chi connectivity index (χ2n) is 5.39. The van der Waals surface area contributed by atoms with E-state index in [1.54, 1.807) is 0 Å². The van der Waals surface area contributed by atoms with E-state index in [1.807, 2.05) is 13.8 Å². The Morgan fingerprint density at radius 2 is 1.65 bits per heavy atom. The fourth-order valence-electron chi connectivity index (χ4n) is 1.67. The number of hydrogen-bond acceptors (Lipinski definition) is 4. The van der Waals surface area contributed by atoms with Crippen LogP contribution in [0.1, 0.15) is 40.5 Å². The molecule has 0 aromatic heterocycles. The third-order valence-corrected chi connectivity index (χ3v) is 2.90. The molecule has 0 fully saturated rings. The fraction of sp³-hybridized carbons (Fsp3) is 0.909. The van der Waals surface area contributed by atoms with E-state index in [9.17, 15) is 10.0 Å². The molecular formula is C11H25BN2O2S. The van der Waals surface area contributed by atoms with Crippen LogP contribution >= 0.6 is 12.2 Å². The lowest BCUT2D eigenvalue weighted by molar-refractivity contribution is 0.361. The van der Waals surface area contributed by atoms with Gasteiger partial charge in [-0.1, -0.05) is 39.9 Å². The van der Waals surface area contributed by atoms with Gasteiger partial charge in [-0.15, -0.1) is 0 Å². The van der Waals surface area contributed by atoms with E-state index in [1.165, 1.54) is 0 Å². The second kappa shape index (κ2) is 8.03. The molecule has 0 radical (unpaired) electrons. The summed E-state index contributed by atoms with van der Waals surface area (Å²) in [6.45, 7) is 8.20. The van der Waals surface area contributed by atoms with Crippen LogP contribution in [0.5, 0.6) is 0 Å². The molecule has 0 aliphatic carbocycles. The third kappa shape index (κ3) is 7.70. The van der Waals surface area contributed by atoms with E-state index in [0.29, 0.717) is 23.2 Å². The van der Waals surface area contributed by atoms with Crippen molar-refractivity contribution in [1.82, 2.24) is 5.32 Å². The molecule has 0 saturated heterocycles. The predicted octanol–water partition coefficient (Wildman–Crippen LogP) is 0.704. The maximum atomic E-state index is 9.27. The summed E-state index contributed by atoms with van der Waals surface area (Å²) in [4.78, 5) is 0.512. The summed E-state index contributed by atoms with van der Waals surface area (Å²) in [6, 6.07) is -0.224. The van der Waals surface area contributed by atoms with E-state index in [4.69, 9.17) is 18.0 Å². The maximum Gasteiger partial charge on any atom is 0.475 e. The normalized spacial score (nSPS) is 14.9. The molecule has 100 valence electrons. The first-order valence-corrected chi connectivity index (χ1v) is 6.57. The molecule has 0 unspecified atom stereocenters. The van der Waals surface area contributed by atoms with Crippen molar-refractivity contribution >= 4 is 24.3 Å². The lowest BCUT2D eigenvalue weighted by Crippen LogP contribution is -2.51. The van der Waals surface area contributed by atoms with Crippen LogP contribution in [0.4, 0.5) is 0 Å². The summed E-state index contributed by atoms with van der Waals surface area (Å²) in [5, 5.41) is 21.5. The van der Waals surface area contributed by atoms with Gasteiger partial charge in [-0.2, -0.15) is 0 Å². The van der Waals surface area contributed by atoms with Crippen molar-refractivity contribution in [1.29, 1.82) is 0 Å². The summed E-state index contributed by atoms with van der Waals surface area (Å²) < 4.78 is 0. The molecule has 0 aliphatic rings. The van der Waals surface area contributed by atoms with Gasteiger partial charge in [0.1, 0.15) is 0 Å². The minimum absolute atomic E-state index is 0.224. The third-order valence-electron chi connectivity index (χ3n) is 2.47. The van der Waals surface area contributed by atoms with Crippen molar-refractivity contribution < 1.29 is 10.0 Å². The van der Waals surface area contributed by atoms with Gasteiger partial charge in [0, 0.05) is 0 Å². The molecule has 6 heteroatoms. The Morgan fingerprint density at radius 3 is 2.00 bits per heavy atom. The molecule has 2 atom stereocenters. The molecule has 0 aromatic rings. The van der Waals surface area contributed by atoms with Crippen molar-refractivity contribution in [3.8, 4) is 0 Å². The molecule has 5 N–H and O–H groups in total. The number of rotatable bonds is 7. The molecule has 0 rings (SSSR count). The van der Waals surface area contributed by atoms with Crippen LogP contribution in [-0.4, -0.2) is 34.1 Å². The highest BCUT2D eigenvalue weighted by Crippen LogP contribution is 2.08. The van der Waals surface area contributed by atoms with Crippen LogP contribution in [-0.2, 0) is 0 Å². The Labute approximate surface area is 110 Å². The van der Waals surface area contributed by atoms with E-state index < -0.39 is 13.1 Å². The molecule has 0 bridgehead atoms. The van der Waals surface area contributed by atoms with Crippen LogP contribution in [0.3, 0.4) is 0 Å². The molecule has 0 amide bonds. The lowest BCUT2D eigenvalue weighted by atomic mass is 9.75. The zero-order chi connectivity index (χ0) is 13.6. The van der Waals surface area contributed by atoms with Gasteiger partial charge in [-0.05, 0) is 24.7 Å². The van der Waals surface area contributed by atoms with Gasteiger partial charge in [0.25, 0.3) is 0 Å². The number of nitrogens with two attached hydrogens (primary N) is 1. The molecule has 4 nitrogen and oxygen atoms in total. The SMILES string of the molecule is CC(C)C[C@H](NC(=S)[C@@H](N)CC(C)C)B(O)O. The highest BCUT2D eigenvalue weighted by atomic mass is 32.1. The van der Waals surface area contributed by atoms with E-state index in [2.05, 4.69) is 19.2 Å². The van der Waals surface area contributed by atoms with Gasteiger partial charge >= 0.3 is 7.12 Å². The molecule has 17 heavy (non-hydrogen) atoms. The summed E-state index contributed by atoms with van der Waals surface area (Å²) in [5.41, 5.74) is 5.93.